The molecule has 0 radical (unpaired) electrons. The Morgan fingerprint density at radius 3 is 2.62 bits per heavy atom. The molecule has 1 aromatic rings. The van der Waals surface area contributed by atoms with Crippen LogP contribution in [0.25, 0.3) is 0 Å². The predicted octanol–water partition coefficient (Wildman–Crippen LogP) is 2.02. The highest BCUT2D eigenvalue weighted by Gasteiger charge is 1.98. The van der Waals surface area contributed by atoms with Crippen molar-refractivity contribution in [3.8, 4) is 5.75 Å². The molecule has 0 amide bonds. The molecule has 0 bridgehead atoms. The topological polar surface area (TPSA) is 40.5 Å². The molecule has 0 aliphatic heterocycles. The van der Waals surface area contributed by atoms with Gasteiger partial charge < -0.3 is 10.2 Å². The maximum atomic E-state index is 9.17. The molecule has 0 fully saturated rings. The van der Waals surface area contributed by atoms with E-state index in [-0.39, 0.29) is 6.61 Å². The van der Waals surface area contributed by atoms with E-state index < -0.39 is 0 Å². The van der Waals surface area contributed by atoms with Crippen molar-refractivity contribution in [3.63, 3.8) is 0 Å². The maximum Gasteiger partial charge on any atom is 0.115 e. The van der Waals surface area contributed by atoms with E-state index in [0.717, 1.165) is 24.8 Å². The number of rotatable bonds is 4. The fourth-order valence-corrected chi connectivity index (χ4v) is 1.39. The zero-order valence-electron chi connectivity index (χ0n) is 7.95. The summed E-state index contributed by atoms with van der Waals surface area (Å²) in [7, 11) is 0. The monoisotopic (exact) mass is 180 g/mol. The van der Waals surface area contributed by atoms with Crippen molar-refractivity contribution >= 4 is 0 Å². The number of aliphatic hydroxyl groups excluding tert-OH is 1. The Labute approximate surface area is 78.8 Å². The van der Waals surface area contributed by atoms with Crippen molar-refractivity contribution in [2.45, 2.75) is 26.2 Å². The van der Waals surface area contributed by atoms with Crippen molar-refractivity contribution in [3.05, 3.63) is 29.3 Å². The van der Waals surface area contributed by atoms with Crippen LogP contribution in [0.4, 0.5) is 0 Å². The molecular formula is C11H16O2. The summed E-state index contributed by atoms with van der Waals surface area (Å²) in [5, 5.41) is 17.8. The first-order valence-corrected chi connectivity index (χ1v) is 4.63. The summed E-state index contributed by atoms with van der Waals surface area (Å²) in [4.78, 5) is 0. The van der Waals surface area contributed by atoms with Gasteiger partial charge in [-0.2, -0.15) is 0 Å². The summed E-state index contributed by atoms with van der Waals surface area (Å²) in [6.45, 7) is 2.26. The van der Waals surface area contributed by atoms with Crippen molar-refractivity contribution in [1.29, 1.82) is 0 Å². The van der Waals surface area contributed by atoms with Crippen LogP contribution < -0.4 is 0 Å². The van der Waals surface area contributed by atoms with Crippen LogP contribution in [0.15, 0.2) is 18.2 Å². The zero-order valence-corrected chi connectivity index (χ0v) is 7.95. The largest absolute Gasteiger partial charge is 0.508 e. The van der Waals surface area contributed by atoms with Gasteiger partial charge in [0, 0.05) is 6.61 Å². The maximum absolute atomic E-state index is 9.17. The van der Waals surface area contributed by atoms with Gasteiger partial charge in [-0.3, -0.25) is 0 Å². The molecule has 0 unspecified atom stereocenters. The van der Waals surface area contributed by atoms with Gasteiger partial charge in [-0.15, -0.1) is 0 Å². The van der Waals surface area contributed by atoms with E-state index in [2.05, 4.69) is 0 Å². The van der Waals surface area contributed by atoms with E-state index in [4.69, 9.17) is 10.2 Å². The molecule has 0 saturated carbocycles. The van der Waals surface area contributed by atoms with Gasteiger partial charge in [-0.25, -0.2) is 0 Å². The van der Waals surface area contributed by atoms with Gasteiger partial charge in [-0.05, 0) is 49.4 Å². The van der Waals surface area contributed by atoms with E-state index in [9.17, 15) is 0 Å². The number of hydrogen-bond donors (Lipinski definition) is 2. The first-order valence-electron chi connectivity index (χ1n) is 4.63. The highest BCUT2D eigenvalue weighted by atomic mass is 16.3. The normalized spacial score (nSPS) is 10.3. The average Bonchev–Trinajstić information content (AvgIpc) is 2.09. The molecule has 0 aliphatic carbocycles. The second-order valence-corrected chi connectivity index (χ2v) is 3.29. The van der Waals surface area contributed by atoms with Crippen LogP contribution >= 0.6 is 0 Å². The number of hydrogen-bond acceptors (Lipinski definition) is 2. The van der Waals surface area contributed by atoms with E-state index in [1.165, 1.54) is 5.56 Å². The Morgan fingerprint density at radius 2 is 2.00 bits per heavy atom. The number of aliphatic hydroxyl groups is 1. The first kappa shape index (κ1) is 10.1. The number of aryl methyl sites for hydroxylation is 2. The Hall–Kier alpha value is -1.02. The number of aromatic hydroxyl groups is 1. The molecule has 72 valence electrons. The highest BCUT2D eigenvalue weighted by molar-refractivity contribution is 5.33. The molecule has 0 atom stereocenters. The van der Waals surface area contributed by atoms with Crippen LogP contribution in [0, 0.1) is 6.92 Å². The molecule has 0 aliphatic rings. The van der Waals surface area contributed by atoms with E-state index in [0.29, 0.717) is 5.75 Å². The molecular weight excluding hydrogens is 164 g/mol. The quantitative estimate of drug-likeness (QED) is 0.696. The number of phenolic OH excluding ortho intramolecular Hbond substituents is 1. The lowest BCUT2D eigenvalue weighted by molar-refractivity contribution is 0.284. The Kier molecular flexibility index (Phi) is 3.77. The minimum absolute atomic E-state index is 0.261. The van der Waals surface area contributed by atoms with Crippen LogP contribution in [-0.4, -0.2) is 16.8 Å². The number of phenols is 1. The third-order valence-electron chi connectivity index (χ3n) is 2.18. The van der Waals surface area contributed by atoms with E-state index >= 15 is 0 Å². The molecule has 0 aromatic heterocycles. The summed E-state index contributed by atoms with van der Waals surface area (Å²) in [6.07, 6.45) is 2.83. The fourth-order valence-electron chi connectivity index (χ4n) is 1.39. The van der Waals surface area contributed by atoms with Crippen LogP contribution in [-0.2, 0) is 6.42 Å². The summed E-state index contributed by atoms with van der Waals surface area (Å²) in [6, 6.07) is 5.43. The van der Waals surface area contributed by atoms with Gasteiger partial charge in [-0.1, -0.05) is 6.07 Å². The average molecular weight is 180 g/mol. The standard InChI is InChI=1S/C11H16O2/c1-9-8-11(13)6-5-10(9)4-2-3-7-12/h5-6,8,12-13H,2-4,7H2,1H3. The van der Waals surface area contributed by atoms with Gasteiger partial charge in [0.05, 0.1) is 0 Å². The molecule has 1 aromatic carbocycles. The van der Waals surface area contributed by atoms with Crippen molar-refractivity contribution in [2.24, 2.45) is 0 Å². The van der Waals surface area contributed by atoms with Crippen LogP contribution in [0.2, 0.25) is 0 Å². The number of benzene rings is 1. The minimum Gasteiger partial charge on any atom is -0.508 e. The minimum atomic E-state index is 0.261. The molecule has 1 rings (SSSR count). The van der Waals surface area contributed by atoms with Gasteiger partial charge in [0.1, 0.15) is 5.75 Å². The second kappa shape index (κ2) is 4.87. The van der Waals surface area contributed by atoms with Gasteiger partial charge >= 0.3 is 0 Å². The van der Waals surface area contributed by atoms with Crippen LogP contribution in [0.3, 0.4) is 0 Å². The van der Waals surface area contributed by atoms with Crippen molar-refractivity contribution in [2.75, 3.05) is 6.61 Å². The molecule has 2 nitrogen and oxygen atoms in total. The van der Waals surface area contributed by atoms with Crippen LogP contribution in [0.5, 0.6) is 5.75 Å². The third-order valence-corrected chi connectivity index (χ3v) is 2.18. The summed E-state index contributed by atoms with van der Waals surface area (Å²) in [5.41, 5.74) is 2.38. The van der Waals surface area contributed by atoms with Gasteiger partial charge in [0.25, 0.3) is 0 Å². The second-order valence-electron chi connectivity index (χ2n) is 3.29. The van der Waals surface area contributed by atoms with Gasteiger partial charge in [0.2, 0.25) is 0 Å². The summed E-state index contributed by atoms with van der Waals surface area (Å²) >= 11 is 0. The van der Waals surface area contributed by atoms with Crippen molar-refractivity contribution < 1.29 is 10.2 Å². The lowest BCUT2D eigenvalue weighted by atomic mass is 10.0. The predicted molar refractivity (Wildman–Crippen MR) is 52.9 cm³/mol. The molecule has 13 heavy (non-hydrogen) atoms. The van der Waals surface area contributed by atoms with Gasteiger partial charge in [0.15, 0.2) is 0 Å². The van der Waals surface area contributed by atoms with E-state index in [1.54, 1.807) is 12.1 Å². The highest BCUT2D eigenvalue weighted by Crippen LogP contribution is 2.17. The first-order chi connectivity index (χ1) is 6.24. The summed E-state index contributed by atoms with van der Waals surface area (Å²) < 4.78 is 0. The van der Waals surface area contributed by atoms with Crippen LogP contribution in [0.1, 0.15) is 24.0 Å². The molecule has 0 saturated heterocycles. The molecule has 2 N–H and O–H groups in total. The Bertz CT molecular complexity index is 269. The van der Waals surface area contributed by atoms with Crippen molar-refractivity contribution in [1.82, 2.24) is 0 Å². The lowest BCUT2D eigenvalue weighted by Gasteiger charge is -2.05. The summed E-state index contributed by atoms with van der Waals surface area (Å²) in [5.74, 6) is 0.323. The Balaban J connectivity index is 2.56. The zero-order chi connectivity index (χ0) is 9.68. The lowest BCUT2D eigenvalue weighted by Crippen LogP contribution is -1.91. The van der Waals surface area contributed by atoms with E-state index in [1.807, 2.05) is 13.0 Å². The molecule has 2 heteroatoms. The number of unbranched alkanes of at least 4 members (excludes halogenated alkanes) is 1. The third kappa shape index (κ3) is 3.07. The SMILES string of the molecule is Cc1cc(O)ccc1CCCCO. The smallest absolute Gasteiger partial charge is 0.115 e. The Morgan fingerprint density at radius 1 is 1.23 bits per heavy atom. The molecule has 0 heterocycles. The molecule has 0 spiro atoms. The fraction of sp³-hybridized carbons (Fsp3) is 0.455.